The lowest BCUT2D eigenvalue weighted by atomic mass is 9.84. The van der Waals surface area contributed by atoms with Gasteiger partial charge < -0.3 is 9.52 Å². The van der Waals surface area contributed by atoms with Crippen LogP contribution < -0.4 is 0 Å². The molecule has 0 bridgehead atoms. The van der Waals surface area contributed by atoms with Crippen LogP contribution in [0.1, 0.15) is 19.4 Å². The molecule has 182 valence electrons. The Labute approximate surface area is 219 Å². The van der Waals surface area contributed by atoms with E-state index in [0.717, 1.165) is 65.6 Å². The summed E-state index contributed by atoms with van der Waals surface area (Å²) in [6.07, 6.45) is 0. The molecule has 0 unspecified atom stereocenters. The summed E-state index contributed by atoms with van der Waals surface area (Å²) in [4.78, 5) is 12.7. The van der Waals surface area contributed by atoms with Gasteiger partial charge in [-0.3, -0.25) is 4.79 Å². The third-order valence-electron chi connectivity index (χ3n) is 7.52. The van der Waals surface area contributed by atoms with Gasteiger partial charge in [-0.25, -0.2) is 0 Å². The summed E-state index contributed by atoms with van der Waals surface area (Å²) in [5.41, 5.74) is 5.01. The second-order valence-corrected chi connectivity index (χ2v) is 9.87. The van der Waals surface area contributed by atoms with E-state index in [1.165, 1.54) is 12.3 Å². The highest BCUT2D eigenvalue weighted by Crippen LogP contribution is 2.44. The van der Waals surface area contributed by atoms with Crippen LogP contribution in [-0.4, -0.2) is 10.9 Å². The molecule has 1 heterocycles. The van der Waals surface area contributed by atoms with Crippen molar-refractivity contribution in [2.24, 2.45) is 0 Å². The zero-order valence-corrected chi connectivity index (χ0v) is 21.1. The van der Waals surface area contributed by atoms with Crippen LogP contribution in [0.5, 0.6) is 0 Å². The van der Waals surface area contributed by atoms with Gasteiger partial charge in [-0.05, 0) is 81.6 Å². The number of fused-ring (bicyclic) bond motifs is 6. The minimum atomic E-state index is -0.161. The number of rotatable bonds is 3. The van der Waals surface area contributed by atoms with Crippen LogP contribution in [0.3, 0.4) is 0 Å². The molecular formula is C35H24O3. The highest BCUT2D eigenvalue weighted by molar-refractivity contribution is 6.30. The van der Waals surface area contributed by atoms with Gasteiger partial charge in [0, 0.05) is 16.3 Å². The first-order valence-corrected chi connectivity index (χ1v) is 12.7. The lowest BCUT2D eigenvalue weighted by Gasteiger charge is -2.18. The molecule has 38 heavy (non-hydrogen) atoms. The number of carbonyl (C=O) groups excluding carboxylic acids is 1. The Kier molecular flexibility index (Phi) is 4.89. The highest BCUT2D eigenvalue weighted by atomic mass is 16.3. The molecule has 1 aromatic heterocycles. The Morgan fingerprint density at radius 3 is 1.76 bits per heavy atom. The number of furan rings is 1. The van der Waals surface area contributed by atoms with Crippen LogP contribution in [-0.2, 0) is 4.79 Å². The smallest absolute Gasteiger partial charge is 0.163 e. The van der Waals surface area contributed by atoms with Crippen LogP contribution in [0.15, 0.2) is 113 Å². The van der Waals surface area contributed by atoms with E-state index >= 15 is 0 Å². The number of Topliss-reactive ketones (excluding diaryl/α,β-unsaturated/α-hetero) is 1. The summed E-state index contributed by atoms with van der Waals surface area (Å²) in [6.45, 7) is 3.09. The maximum atomic E-state index is 12.7. The molecule has 0 spiro atoms. The van der Waals surface area contributed by atoms with Gasteiger partial charge in [-0.15, -0.1) is 0 Å². The lowest BCUT2D eigenvalue weighted by molar-refractivity contribution is -0.111. The second kappa shape index (κ2) is 8.32. The summed E-state index contributed by atoms with van der Waals surface area (Å²) in [5.74, 6) is -0.134. The van der Waals surface area contributed by atoms with Crippen molar-refractivity contribution in [1.29, 1.82) is 0 Å². The number of benzene rings is 6. The Morgan fingerprint density at radius 2 is 1.16 bits per heavy atom. The van der Waals surface area contributed by atoms with Crippen LogP contribution >= 0.6 is 0 Å². The average Bonchev–Trinajstić information content (AvgIpc) is 3.28. The molecule has 0 amide bonds. The Morgan fingerprint density at radius 1 is 0.605 bits per heavy atom. The third kappa shape index (κ3) is 3.25. The molecule has 0 atom stereocenters. The maximum absolute atomic E-state index is 12.7. The van der Waals surface area contributed by atoms with Crippen molar-refractivity contribution in [3.8, 4) is 11.1 Å². The molecule has 0 saturated carbocycles. The van der Waals surface area contributed by atoms with Crippen LogP contribution in [0, 0.1) is 0 Å². The van der Waals surface area contributed by atoms with Crippen molar-refractivity contribution in [2.45, 2.75) is 13.8 Å². The molecule has 0 radical (unpaired) electrons. The molecule has 0 aliphatic rings. The van der Waals surface area contributed by atoms with E-state index in [-0.39, 0.29) is 11.5 Å². The molecule has 0 fully saturated rings. The zero-order chi connectivity index (χ0) is 26.0. The van der Waals surface area contributed by atoms with E-state index in [1.54, 1.807) is 6.92 Å². The lowest BCUT2D eigenvalue weighted by Crippen LogP contribution is -2.02. The largest absolute Gasteiger partial charge is 0.512 e. The second-order valence-electron chi connectivity index (χ2n) is 9.87. The van der Waals surface area contributed by atoms with Gasteiger partial charge in [0.1, 0.15) is 16.9 Å². The summed E-state index contributed by atoms with van der Waals surface area (Å²) in [7, 11) is 0. The summed E-state index contributed by atoms with van der Waals surface area (Å²) in [5, 5.41) is 19.0. The molecule has 6 aromatic carbocycles. The monoisotopic (exact) mass is 492 g/mol. The van der Waals surface area contributed by atoms with Crippen molar-refractivity contribution in [2.75, 3.05) is 0 Å². The number of aliphatic hydroxyl groups excluding tert-OH is 1. The number of ketones is 1. The van der Waals surface area contributed by atoms with E-state index in [4.69, 9.17) is 4.42 Å². The van der Waals surface area contributed by atoms with E-state index in [0.29, 0.717) is 5.57 Å². The van der Waals surface area contributed by atoms with E-state index in [9.17, 15) is 9.90 Å². The number of hydrogen-bond donors (Lipinski definition) is 1. The zero-order valence-electron chi connectivity index (χ0n) is 21.1. The normalized spacial score (nSPS) is 12.6. The molecule has 3 heteroatoms. The van der Waals surface area contributed by atoms with Crippen LogP contribution in [0.4, 0.5) is 0 Å². The first-order valence-electron chi connectivity index (χ1n) is 12.7. The quantitative estimate of drug-likeness (QED) is 0.152. The van der Waals surface area contributed by atoms with Gasteiger partial charge in [-0.1, -0.05) is 78.9 Å². The van der Waals surface area contributed by atoms with E-state index in [1.807, 2.05) is 48.5 Å². The fraction of sp³-hybridized carbons (Fsp3) is 0.0571. The summed E-state index contributed by atoms with van der Waals surface area (Å²) >= 11 is 0. The van der Waals surface area contributed by atoms with Crippen molar-refractivity contribution in [1.82, 2.24) is 0 Å². The average molecular weight is 493 g/mol. The molecule has 3 nitrogen and oxygen atoms in total. The number of carbonyl (C=O) groups is 1. The maximum Gasteiger partial charge on any atom is 0.163 e. The van der Waals surface area contributed by atoms with Gasteiger partial charge in [0.2, 0.25) is 0 Å². The number of hydrogen-bond acceptors (Lipinski definition) is 3. The van der Waals surface area contributed by atoms with Gasteiger partial charge in [0.25, 0.3) is 0 Å². The minimum Gasteiger partial charge on any atom is -0.512 e. The van der Waals surface area contributed by atoms with Gasteiger partial charge in [-0.2, -0.15) is 0 Å². The molecule has 0 aliphatic heterocycles. The van der Waals surface area contributed by atoms with Crippen molar-refractivity contribution >= 4 is 65.6 Å². The minimum absolute atomic E-state index is 0.0269. The summed E-state index contributed by atoms with van der Waals surface area (Å²) < 4.78 is 6.26. The predicted octanol–water partition coefficient (Wildman–Crippen LogP) is 9.59. The van der Waals surface area contributed by atoms with Crippen LogP contribution in [0.2, 0.25) is 0 Å². The molecule has 1 N–H and O–H groups in total. The summed E-state index contributed by atoms with van der Waals surface area (Å²) in [6, 6.07) is 35.2. The standard InChI is InChI=1S/C35H24O3/c1-20(36)33(21(2)37)35-27-13-7-5-11-25(27)34(26-12-6-8-14-28(26)35)24-15-16-31-29(18-24)30-17-22-9-3-4-10-23(22)19-32(30)38-31/h3-19,36H,1-2H3. The Hall–Kier alpha value is -4.89. The van der Waals surface area contributed by atoms with Crippen molar-refractivity contribution < 1.29 is 14.3 Å². The molecule has 7 aromatic rings. The molecular weight excluding hydrogens is 468 g/mol. The Bertz CT molecular complexity index is 2060. The predicted molar refractivity (Wildman–Crippen MR) is 158 cm³/mol. The van der Waals surface area contributed by atoms with E-state index in [2.05, 4.69) is 54.6 Å². The first-order chi connectivity index (χ1) is 18.5. The fourth-order valence-corrected chi connectivity index (χ4v) is 5.94. The van der Waals surface area contributed by atoms with Gasteiger partial charge in [0.15, 0.2) is 5.78 Å². The molecule has 0 aliphatic carbocycles. The third-order valence-corrected chi connectivity index (χ3v) is 7.52. The van der Waals surface area contributed by atoms with Crippen LogP contribution in [0.25, 0.3) is 71.0 Å². The number of aliphatic hydroxyl groups is 1. The van der Waals surface area contributed by atoms with Crippen molar-refractivity contribution in [3.05, 3.63) is 114 Å². The Balaban J connectivity index is 1.60. The molecule has 7 rings (SSSR count). The van der Waals surface area contributed by atoms with Gasteiger partial charge in [0.05, 0.1) is 5.57 Å². The van der Waals surface area contributed by atoms with Crippen molar-refractivity contribution in [3.63, 3.8) is 0 Å². The SMILES string of the molecule is CC(=O)C(=C(C)O)c1c2ccccc2c(-c2ccc3oc4cc5ccccc5cc4c3c2)c2ccccc12. The van der Waals surface area contributed by atoms with Gasteiger partial charge >= 0.3 is 0 Å². The highest BCUT2D eigenvalue weighted by Gasteiger charge is 2.22. The number of allylic oxidation sites excluding steroid dienone is 2. The topological polar surface area (TPSA) is 50.4 Å². The first kappa shape index (κ1) is 22.3. The van der Waals surface area contributed by atoms with E-state index < -0.39 is 0 Å². The fourth-order valence-electron chi connectivity index (χ4n) is 5.94. The molecule has 0 saturated heterocycles.